The normalized spacial score (nSPS) is 15.8. The number of nitrogens with zero attached hydrogens (tertiary/aromatic N) is 4. The number of likely N-dealkylation sites (N-methyl/N-ethyl adjacent to an activating group) is 1. The van der Waals surface area contributed by atoms with Crippen molar-refractivity contribution in [1.82, 2.24) is 14.9 Å². The van der Waals surface area contributed by atoms with Gasteiger partial charge in [0.1, 0.15) is 5.82 Å². The number of benzene rings is 1. The Kier molecular flexibility index (Phi) is 5.23. The number of nitrogens with two attached hydrogens (primary N) is 1. The fourth-order valence-corrected chi connectivity index (χ4v) is 4.16. The summed E-state index contributed by atoms with van der Waals surface area (Å²) in [4.78, 5) is 13.8. The molecule has 0 amide bonds. The molecule has 144 valence electrons. The van der Waals surface area contributed by atoms with Gasteiger partial charge in [0.15, 0.2) is 5.13 Å². The van der Waals surface area contributed by atoms with Crippen LogP contribution >= 0.6 is 11.3 Å². The van der Waals surface area contributed by atoms with Gasteiger partial charge in [0.25, 0.3) is 0 Å². The van der Waals surface area contributed by atoms with E-state index in [0.29, 0.717) is 5.57 Å². The van der Waals surface area contributed by atoms with Gasteiger partial charge < -0.3 is 26.3 Å². The molecule has 0 saturated carbocycles. The largest absolute Gasteiger partial charge is 0.404 e. The van der Waals surface area contributed by atoms with Crippen molar-refractivity contribution < 1.29 is 0 Å². The fraction of sp³-hybridized carbons (Fsp3) is 0.250. The molecule has 7 nitrogen and oxygen atoms in total. The maximum atomic E-state index is 7.46. The number of aromatic nitrogens is 2. The Bertz CT molecular complexity index is 1020. The van der Waals surface area contributed by atoms with Crippen LogP contribution in [0.4, 0.5) is 16.6 Å². The first kappa shape index (κ1) is 18.4. The van der Waals surface area contributed by atoms with Crippen molar-refractivity contribution in [3.8, 4) is 0 Å². The van der Waals surface area contributed by atoms with Crippen molar-refractivity contribution in [2.45, 2.75) is 0 Å². The van der Waals surface area contributed by atoms with Crippen molar-refractivity contribution in [2.24, 2.45) is 5.73 Å². The average Bonchev–Trinajstić information content (AvgIpc) is 3.11. The van der Waals surface area contributed by atoms with Gasteiger partial charge in [-0.15, -0.1) is 0 Å². The lowest BCUT2D eigenvalue weighted by molar-refractivity contribution is 0.313. The molecule has 1 aliphatic rings. The topological polar surface area (TPSA) is 94.2 Å². The number of thiazole rings is 1. The maximum absolute atomic E-state index is 7.46. The zero-order valence-electron chi connectivity index (χ0n) is 15.7. The van der Waals surface area contributed by atoms with Crippen LogP contribution in [0.15, 0.2) is 42.7 Å². The summed E-state index contributed by atoms with van der Waals surface area (Å²) < 4.78 is 1.04. The molecule has 8 heteroatoms. The van der Waals surface area contributed by atoms with Crippen molar-refractivity contribution in [3.63, 3.8) is 0 Å². The van der Waals surface area contributed by atoms with Gasteiger partial charge in [0, 0.05) is 62.1 Å². The van der Waals surface area contributed by atoms with E-state index in [-0.39, 0.29) is 0 Å². The molecule has 1 saturated heterocycles. The third-order valence-electron chi connectivity index (χ3n) is 4.90. The van der Waals surface area contributed by atoms with Gasteiger partial charge in [-0.1, -0.05) is 17.4 Å². The van der Waals surface area contributed by atoms with Gasteiger partial charge in [-0.25, -0.2) is 9.97 Å². The van der Waals surface area contributed by atoms with E-state index in [0.717, 1.165) is 52.9 Å². The van der Waals surface area contributed by atoms with Crippen LogP contribution in [0.5, 0.6) is 0 Å². The van der Waals surface area contributed by atoms with E-state index in [1.165, 1.54) is 18.1 Å². The van der Waals surface area contributed by atoms with E-state index in [9.17, 15) is 0 Å². The molecule has 0 aliphatic carbocycles. The van der Waals surface area contributed by atoms with Gasteiger partial charge in [0.2, 0.25) is 0 Å². The summed E-state index contributed by atoms with van der Waals surface area (Å²) in [7, 11) is 2.16. The highest BCUT2D eigenvalue weighted by Crippen LogP contribution is 2.30. The number of allylic oxidation sites excluding steroid dienone is 1. The second kappa shape index (κ2) is 7.95. The molecule has 4 N–H and O–H groups in total. The third kappa shape index (κ3) is 3.83. The second-order valence-corrected chi connectivity index (χ2v) is 7.81. The lowest BCUT2D eigenvalue weighted by Gasteiger charge is -2.34. The maximum Gasteiger partial charge on any atom is 0.189 e. The van der Waals surface area contributed by atoms with Crippen LogP contribution in [0.3, 0.4) is 0 Å². The molecule has 0 radical (unpaired) electrons. The number of pyridine rings is 1. The zero-order chi connectivity index (χ0) is 19.5. The Balaban J connectivity index is 1.55. The van der Waals surface area contributed by atoms with Crippen LogP contribution in [0.25, 0.3) is 15.8 Å². The van der Waals surface area contributed by atoms with E-state index in [4.69, 9.17) is 11.1 Å². The fourth-order valence-electron chi connectivity index (χ4n) is 3.24. The van der Waals surface area contributed by atoms with E-state index in [1.54, 1.807) is 11.3 Å². The summed E-state index contributed by atoms with van der Waals surface area (Å²) in [5.74, 6) is 0.790. The Labute approximate surface area is 168 Å². The van der Waals surface area contributed by atoms with Gasteiger partial charge in [-0.3, -0.25) is 0 Å². The predicted octanol–water partition coefficient (Wildman–Crippen LogP) is 3.14. The van der Waals surface area contributed by atoms with E-state index < -0.39 is 0 Å². The number of anilines is 3. The predicted molar refractivity (Wildman–Crippen MR) is 118 cm³/mol. The second-order valence-electron chi connectivity index (χ2n) is 6.78. The van der Waals surface area contributed by atoms with Gasteiger partial charge in [0.05, 0.1) is 10.2 Å². The Hall–Kier alpha value is -2.97. The first-order chi connectivity index (χ1) is 13.7. The van der Waals surface area contributed by atoms with Gasteiger partial charge in [-0.05, 0) is 30.8 Å². The van der Waals surface area contributed by atoms with Crippen molar-refractivity contribution in [3.05, 3.63) is 48.3 Å². The first-order valence-electron chi connectivity index (χ1n) is 9.16. The Morgan fingerprint density at radius 1 is 1.21 bits per heavy atom. The third-order valence-corrected chi connectivity index (χ3v) is 5.84. The molecular weight excluding hydrogens is 370 g/mol. The minimum Gasteiger partial charge on any atom is -0.404 e. The summed E-state index contributed by atoms with van der Waals surface area (Å²) in [6.07, 6.45) is 4.54. The molecule has 1 aromatic carbocycles. The summed E-state index contributed by atoms with van der Waals surface area (Å²) in [6.45, 7) is 4.18. The number of piperazine rings is 1. The van der Waals surface area contributed by atoms with Crippen LogP contribution < -0.4 is 16.0 Å². The molecular formula is C20H23N7S. The monoisotopic (exact) mass is 393 g/mol. The molecule has 2 aromatic heterocycles. The Morgan fingerprint density at radius 3 is 2.79 bits per heavy atom. The van der Waals surface area contributed by atoms with Crippen molar-refractivity contribution in [2.75, 3.05) is 43.4 Å². The molecule has 0 bridgehead atoms. The zero-order valence-corrected chi connectivity index (χ0v) is 16.5. The molecule has 28 heavy (non-hydrogen) atoms. The van der Waals surface area contributed by atoms with Crippen molar-refractivity contribution in [1.29, 1.82) is 5.41 Å². The molecule has 1 aliphatic heterocycles. The Morgan fingerprint density at radius 2 is 2.04 bits per heavy atom. The summed E-state index contributed by atoms with van der Waals surface area (Å²) in [6, 6.07) is 10.0. The van der Waals surface area contributed by atoms with E-state index in [2.05, 4.69) is 44.3 Å². The van der Waals surface area contributed by atoms with E-state index >= 15 is 0 Å². The molecule has 1 fully saturated rings. The summed E-state index contributed by atoms with van der Waals surface area (Å²) >= 11 is 1.56. The summed E-state index contributed by atoms with van der Waals surface area (Å²) in [5.41, 5.74) is 9.28. The van der Waals surface area contributed by atoms with Gasteiger partial charge in [-0.2, -0.15) is 0 Å². The minimum absolute atomic E-state index is 0.686. The van der Waals surface area contributed by atoms with Crippen molar-refractivity contribution >= 4 is 50.0 Å². The molecule has 0 unspecified atom stereocenters. The first-order valence-corrected chi connectivity index (χ1v) is 9.98. The lowest BCUT2D eigenvalue weighted by atomic mass is 10.1. The van der Waals surface area contributed by atoms with Gasteiger partial charge >= 0.3 is 0 Å². The average molecular weight is 394 g/mol. The smallest absolute Gasteiger partial charge is 0.189 e. The highest BCUT2D eigenvalue weighted by molar-refractivity contribution is 7.22. The molecule has 0 spiro atoms. The van der Waals surface area contributed by atoms with Crippen LogP contribution in [-0.2, 0) is 0 Å². The lowest BCUT2D eigenvalue weighted by Crippen LogP contribution is -2.44. The molecule has 3 aromatic rings. The standard InChI is InChI=1S/C20H23N7S/c1-26-6-8-27(9-7-26)16-4-5-23-19(11-16)25-20-24-17-3-2-14(10-18(17)28-20)15(12-21)13-22/h2-5,10-13,21H,6-9,22H2,1H3,(H,23,24,25)/b15-13+,21-12?. The molecule has 0 atom stereocenters. The van der Waals surface area contributed by atoms with Crippen LogP contribution in [-0.4, -0.2) is 54.3 Å². The molecule has 3 heterocycles. The molecule has 4 rings (SSSR count). The van der Waals surface area contributed by atoms with Crippen LogP contribution in [0.1, 0.15) is 5.56 Å². The van der Waals surface area contributed by atoms with Crippen LogP contribution in [0, 0.1) is 5.41 Å². The number of rotatable bonds is 5. The minimum atomic E-state index is 0.686. The number of hydrogen-bond acceptors (Lipinski definition) is 8. The van der Waals surface area contributed by atoms with Crippen LogP contribution in [0.2, 0.25) is 0 Å². The highest BCUT2D eigenvalue weighted by Gasteiger charge is 2.15. The summed E-state index contributed by atoms with van der Waals surface area (Å²) in [5, 5.41) is 11.6. The number of hydrogen-bond donors (Lipinski definition) is 3. The number of nitrogens with one attached hydrogen (secondary N) is 2. The quantitative estimate of drug-likeness (QED) is 0.577. The van der Waals surface area contributed by atoms with E-state index in [1.807, 2.05) is 24.4 Å². The highest BCUT2D eigenvalue weighted by atomic mass is 32.1. The SMILES string of the molecule is CN1CCN(c2ccnc(Nc3nc4ccc(/C(C=N)=C/N)cc4s3)c2)CC1. The number of fused-ring (bicyclic) bond motifs is 1.